The standard InChI is InChI=1S/C16H24N2O2S/c1-11(15-9-12-6-7-13(15)8-12)18-21(19,20)10-14-4-2-3-5-16(14)17/h2-5,11-13,15,18H,6-10,17H2,1H3. The van der Waals surface area contributed by atoms with Crippen LogP contribution >= 0.6 is 0 Å². The third-order valence-corrected chi connectivity index (χ3v) is 6.62. The zero-order valence-corrected chi connectivity index (χ0v) is 13.3. The molecule has 2 fully saturated rings. The molecule has 0 aliphatic heterocycles. The Balaban J connectivity index is 1.64. The third kappa shape index (κ3) is 3.24. The monoisotopic (exact) mass is 308 g/mol. The lowest BCUT2D eigenvalue weighted by Crippen LogP contribution is -2.40. The van der Waals surface area contributed by atoms with E-state index in [1.165, 1.54) is 25.7 Å². The first kappa shape index (κ1) is 14.9. The fourth-order valence-electron chi connectivity index (χ4n) is 4.19. The number of rotatable bonds is 5. The molecule has 3 rings (SSSR count). The summed E-state index contributed by atoms with van der Waals surface area (Å²) in [6, 6.07) is 7.17. The van der Waals surface area contributed by atoms with E-state index in [0.29, 0.717) is 17.2 Å². The van der Waals surface area contributed by atoms with Crippen molar-refractivity contribution in [2.45, 2.75) is 44.4 Å². The molecule has 2 saturated carbocycles. The molecule has 1 aromatic carbocycles. The van der Waals surface area contributed by atoms with E-state index in [-0.39, 0.29) is 11.8 Å². The van der Waals surface area contributed by atoms with E-state index in [1.54, 1.807) is 12.1 Å². The van der Waals surface area contributed by atoms with Crippen LogP contribution in [-0.4, -0.2) is 14.5 Å². The molecule has 0 saturated heterocycles. The molecule has 2 aliphatic carbocycles. The Bertz CT molecular complexity index is 614. The van der Waals surface area contributed by atoms with Gasteiger partial charge in [0.2, 0.25) is 10.0 Å². The minimum Gasteiger partial charge on any atom is -0.398 e. The van der Waals surface area contributed by atoms with Gasteiger partial charge in [-0.25, -0.2) is 13.1 Å². The lowest BCUT2D eigenvalue weighted by atomic mass is 9.84. The van der Waals surface area contributed by atoms with Crippen LogP contribution in [0.5, 0.6) is 0 Å². The molecule has 116 valence electrons. The molecule has 0 spiro atoms. The van der Waals surface area contributed by atoms with E-state index in [2.05, 4.69) is 4.72 Å². The number of nitrogen functional groups attached to an aromatic ring is 1. The fraction of sp³-hybridized carbons (Fsp3) is 0.625. The van der Waals surface area contributed by atoms with Crippen LogP contribution in [0.1, 0.15) is 38.2 Å². The Kier molecular flexibility index (Phi) is 3.97. The first-order valence-electron chi connectivity index (χ1n) is 7.78. The van der Waals surface area contributed by atoms with Gasteiger partial charge in [-0.1, -0.05) is 24.6 Å². The summed E-state index contributed by atoms with van der Waals surface area (Å²) in [5.41, 5.74) is 7.05. The zero-order valence-electron chi connectivity index (χ0n) is 12.5. The van der Waals surface area contributed by atoms with Crippen molar-refractivity contribution in [3.05, 3.63) is 29.8 Å². The highest BCUT2D eigenvalue weighted by Gasteiger charge is 2.42. The van der Waals surface area contributed by atoms with E-state index < -0.39 is 10.0 Å². The minimum atomic E-state index is -3.34. The summed E-state index contributed by atoms with van der Waals surface area (Å²) in [7, 11) is -3.34. The maximum absolute atomic E-state index is 12.4. The second-order valence-electron chi connectivity index (χ2n) is 6.70. The molecule has 21 heavy (non-hydrogen) atoms. The van der Waals surface area contributed by atoms with Gasteiger partial charge in [0.25, 0.3) is 0 Å². The summed E-state index contributed by atoms with van der Waals surface area (Å²) in [6.07, 6.45) is 5.08. The summed E-state index contributed by atoms with van der Waals surface area (Å²) in [6.45, 7) is 2.01. The van der Waals surface area contributed by atoms with Gasteiger partial charge in [0.05, 0.1) is 5.75 Å². The molecule has 2 aliphatic rings. The van der Waals surface area contributed by atoms with Crippen molar-refractivity contribution >= 4 is 15.7 Å². The van der Waals surface area contributed by atoms with Gasteiger partial charge in [-0.05, 0) is 55.6 Å². The number of nitrogens with two attached hydrogens (primary N) is 1. The van der Waals surface area contributed by atoms with Crippen molar-refractivity contribution in [2.24, 2.45) is 17.8 Å². The highest BCUT2D eigenvalue weighted by atomic mass is 32.2. The number of para-hydroxylation sites is 1. The van der Waals surface area contributed by atoms with Gasteiger partial charge < -0.3 is 5.73 Å². The second-order valence-corrected chi connectivity index (χ2v) is 8.46. The maximum atomic E-state index is 12.4. The lowest BCUT2D eigenvalue weighted by molar-refractivity contribution is 0.280. The summed E-state index contributed by atoms with van der Waals surface area (Å²) < 4.78 is 27.6. The van der Waals surface area contributed by atoms with Gasteiger partial charge in [0.15, 0.2) is 0 Å². The molecule has 5 heteroatoms. The molecule has 1 aromatic rings. The van der Waals surface area contributed by atoms with Crippen LogP contribution < -0.4 is 10.5 Å². The van der Waals surface area contributed by atoms with Crippen LogP contribution in [0.2, 0.25) is 0 Å². The number of hydrogen-bond acceptors (Lipinski definition) is 3. The van der Waals surface area contributed by atoms with E-state index in [4.69, 9.17) is 5.73 Å². The van der Waals surface area contributed by atoms with Crippen LogP contribution in [-0.2, 0) is 15.8 Å². The summed E-state index contributed by atoms with van der Waals surface area (Å²) in [5, 5.41) is 0. The topological polar surface area (TPSA) is 72.2 Å². The highest BCUT2D eigenvalue weighted by molar-refractivity contribution is 7.88. The summed E-state index contributed by atoms with van der Waals surface area (Å²) in [5.74, 6) is 2.02. The summed E-state index contributed by atoms with van der Waals surface area (Å²) >= 11 is 0. The number of anilines is 1. The maximum Gasteiger partial charge on any atom is 0.216 e. The average molecular weight is 308 g/mol. The van der Waals surface area contributed by atoms with E-state index in [1.807, 2.05) is 19.1 Å². The van der Waals surface area contributed by atoms with Crippen LogP contribution in [0.3, 0.4) is 0 Å². The van der Waals surface area contributed by atoms with Gasteiger partial charge in [0.1, 0.15) is 0 Å². The number of nitrogens with one attached hydrogen (secondary N) is 1. The second kappa shape index (κ2) is 5.61. The largest absolute Gasteiger partial charge is 0.398 e. The molecule has 4 nitrogen and oxygen atoms in total. The SMILES string of the molecule is CC(NS(=O)(=O)Cc1ccccc1N)C1CC2CCC1C2. The number of benzene rings is 1. The third-order valence-electron chi connectivity index (χ3n) is 5.20. The van der Waals surface area contributed by atoms with Gasteiger partial charge in [0, 0.05) is 11.7 Å². The predicted octanol–water partition coefficient (Wildman–Crippen LogP) is 2.51. The van der Waals surface area contributed by atoms with Crippen molar-refractivity contribution in [2.75, 3.05) is 5.73 Å². The van der Waals surface area contributed by atoms with Crippen LogP contribution in [0, 0.1) is 17.8 Å². The molecule has 0 heterocycles. The van der Waals surface area contributed by atoms with Crippen molar-refractivity contribution in [3.8, 4) is 0 Å². The van der Waals surface area contributed by atoms with E-state index in [0.717, 1.165) is 11.8 Å². The molecule has 3 N–H and O–H groups in total. The first-order chi connectivity index (χ1) is 9.94. The lowest BCUT2D eigenvalue weighted by Gasteiger charge is -2.28. The molecule has 0 amide bonds. The fourth-order valence-corrected chi connectivity index (χ4v) is 5.69. The zero-order chi connectivity index (χ0) is 15.0. The van der Waals surface area contributed by atoms with Crippen LogP contribution in [0.4, 0.5) is 5.69 Å². The highest BCUT2D eigenvalue weighted by Crippen LogP contribution is 2.49. The molecule has 4 atom stereocenters. The summed E-state index contributed by atoms with van der Waals surface area (Å²) in [4.78, 5) is 0. The molecular weight excluding hydrogens is 284 g/mol. The van der Waals surface area contributed by atoms with Crippen LogP contribution in [0.25, 0.3) is 0 Å². The smallest absolute Gasteiger partial charge is 0.216 e. The van der Waals surface area contributed by atoms with Gasteiger partial charge >= 0.3 is 0 Å². The minimum absolute atomic E-state index is 0.0234. The van der Waals surface area contributed by atoms with Crippen LogP contribution in [0.15, 0.2) is 24.3 Å². The Labute approximate surface area is 127 Å². The number of sulfonamides is 1. The Morgan fingerprint density at radius 1 is 1.29 bits per heavy atom. The number of fused-ring (bicyclic) bond motifs is 2. The van der Waals surface area contributed by atoms with E-state index in [9.17, 15) is 8.42 Å². The average Bonchev–Trinajstić information content (AvgIpc) is 3.03. The molecule has 0 aromatic heterocycles. The quantitative estimate of drug-likeness (QED) is 0.821. The van der Waals surface area contributed by atoms with E-state index >= 15 is 0 Å². The normalized spacial score (nSPS) is 29.7. The van der Waals surface area contributed by atoms with Crippen molar-refractivity contribution in [1.82, 2.24) is 4.72 Å². The molecule has 2 bridgehead atoms. The van der Waals surface area contributed by atoms with Crippen molar-refractivity contribution in [1.29, 1.82) is 0 Å². The Hall–Kier alpha value is -1.07. The van der Waals surface area contributed by atoms with Gasteiger partial charge in [-0.2, -0.15) is 0 Å². The molecular formula is C16H24N2O2S. The number of hydrogen-bond donors (Lipinski definition) is 2. The first-order valence-corrected chi connectivity index (χ1v) is 9.43. The molecule has 0 radical (unpaired) electrons. The van der Waals surface area contributed by atoms with Gasteiger partial charge in [-0.3, -0.25) is 0 Å². The van der Waals surface area contributed by atoms with Crippen molar-refractivity contribution < 1.29 is 8.42 Å². The Morgan fingerprint density at radius 3 is 2.67 bits per heavy atom. The van der Waals surface area contributed by atoms with Gasteiger partial charge in [-0.15, -0.1) is 0 Å². The Morgan fingerprint density at radius 2 is 2.05 bits per heavy atom. The molecule has 4 unspecified atom stereocenters. The predicted molar refractivity (Wildman–Crippen MR) is 85.0 cm³/mol. The van der Waals surface area contributed by atoms with Crippen molar-refractivity contribution in [3.63, 3.8) is 0 Å².